The van der Waals surface area contributed by atoms with Crippen LogP contribution in [0, 0.1) is 0 Å². The first-order chi connectivity index (χ1) is 9.79. The second-order valence-corrected chi connectivity index (χ2v) is 6.04. The van der Waals surface area contributed by atoms with Gasteiger partial charge in [0.25, 0.3) is 0 Å². The largest absolute Gasteiger partial charge is 0.476 e. The highest BCUT2D eigenvalue weighted by Gasteiger charge is 2.19. The molecule has 0 aliphatic carbocycles. The van der Waals surface area contributed by atoms with E-state index < -0.39 is 5.97 Å². The molecule has 5 heteroatoms. The molecule has 0 spiro atoms. The van der Waals surface area contributed by atoms with Crippen LogP contribution in [0.25, 0.3) is 0 Å². The number of hydrogen-bond acceptors (Lipinski definition) is 3. The molecule has 0 fully saturated rings. The van der Waals surface area contributed by atoms with E-state index in [-0.39, 0.29) is 22.0 Å². The number of para-hydroxylation sites is 1. The summed E-state index contributed by atoms with van der Waals surface area (Å²) in [6, 6.07) is 10.6. The minimum absolute atomic E-state index is 0.0824. The third kappa shape index (κ3) is 3.52. The van der Waals surface area contributed by atoms with Crippen molar-refractivity contribution in [1.82, 2.24) is 4.98 Å². The van der Waals surface area contributed by atoms with Crippen molar-refractivity contribution >= 4 is 17.6 Å². The van der Waals surface area contributed by atoms with E-state index in [0.717, 1.165) is 5.56 Å². The highest BCUT2D eigenvalue weighted by Crippen LogP contribution is 2.33. The molecule has 0 aliphatic rings. The van der Waals surface area contributed by atoms with Gasteiger partial charge >= 0.3 is 5.97 Å². The maximum atomic E-state index is 11.1. The van der Waals surface area contributed by atoms with Gasteiger partial charge in [0.05, 0.1) is 5.02 Å². The third-order valence-electron chi connectivity index (χ3n) is 2.93. The van der Waals surface area contributed by atoms with Crippen LogP contribution in [0.4, 0.5) is 0 Å². The number of ether oxygens (including phenoxy) is 1. The fourth-order valence-corrected chi connectivity index (χ4v) is 2.11. The SMILES string of the molecule is CC(C)(C)c1ccccc1Oc1ccc(Cl)c(C(=O)O)n1. The molecule has 2 aromatic rings. The number of aromatic carboxylic acids is 1. The van der Waals surface area contributed by atoms with Gasteiger partial charge in [0.2, 0.25) is 5.88 Å². The minimum Gasteiger partial charge on any atom is -0.476 e. The van der Waals surface area contributed by atoms with Gasteiger partial charge in [-0.05, 0) is 17.5 Å². The number of halogens is 1. The van der Waals surface area contributed by atoms with E-state index in [1.165, 1.54) is 6.07 Å². The maximum absolute atomic E-state index is 11.1. The van der Waals surface area contributed by atoms with Crippen LogP contribution in [0.1, 0.15) is 36.8 Å². The van der Waals surface area contributed by atoms with Gasteiger partial charge in [-0.15, -0.1) is 0 Å². The van der Waals surface area contributed by atoms with Gasteiger partial charge in [0.1, 0.15) is 5.75 Å². The van der Waals surface area contributed by atoms with Crippen LogP contribution in [0.5, 0.6) is 11.6 Å². The normalized spacial score (nSPS) is 11.2. The van der Waals surface area contributed by atoms with Crippen molar-refractivity contribution < 1.29 is 14.6 Å². The summed E-state index contributed by atoms with van der Waals surface area (Å²) >= 11 is 5.80. The van der Waals surface area contributed by atoms with Gasteiger partial charge in [-0.25, -0.2) is 9.78 Å². The minimum atomic E-state index is -1.19. The predicted octanol–water partition coefficient (Wildman–Crippen LogP) is 4.52. The lowest BCUT2D eigenvalue weighted by atomic mass is 9.86. The Labute approximate surface area is 128 Å². The quantitative estimate of drug-likeness (QED) is 0.905. The summed E-state index contributed by atoms with van der Waals surface area (Å²) in [5.41, 5.74) is 0.694. The lowest BCUT2D eigenvalue weighted by Gasteiger charge is -2.22. The van der Waals surface area contributed by atoms with Crippen molar-refractivity contribution in [3.05, 3.63) is 52.7 Å². The van der Waals surface area contributed by atoms with Gasteiger partial charge < -0.3 is 9.84 Å². The molecule has 1 aromatic carbocycles. The molecule has 1 aromatic heterocycles. The first kappa shape index (κ1) is 15.3. The number of rotatable bonds is 3. The molecular formula is C16H16ClNO3. The van der Waals surface area contributed by atoms with Crippen LogP contribution in [-0.4, -0.2) is 16.1 Å². The van der Waals surface area contributed by atoms with Crippen LogP contribution in [0.3, 0.4) is 0 Å². The molecule has 0 radical (unpaired) electrons. The third-order valence-corrected chi connectivity index (χ3v) is 3.24. The lowest BCUT2D eigenvalue weighted by molar-refractivity contribution is 0.0690. The first-order valence-corrected chi connectivity index (χ1v) is 6.84. The van der Waals surface area contributed by atoms with Gasteiger partial charge in [-0.2, -0.15) is 0 Å². The first-order valence-electron chi connectivity index (χ1n) is 6.46. The van der Waals surface area contributed by atoms with Gasteiger partial charge in [-0.3, -0.25) is 0 Å². The fraction of sp³-hybridized carbons (Fsp3) is 0.250. The average Bonchev–Trinajstić information content (AvgIpc) is 2.40. The van der Waals surface area contributed by atoms with E-state index in [9.17, 15) is 4.79 Å². The Morgan fingerprint density at radius 3 is 2.48 bits per heavy atom. The summed E-state index contributed by atoms with van der Waals surface area (Å²) in [5, 5.41) is 9.12. The molecule has 0 bridgehead atoms. The van der Waals surface area contributed by atoms with Crippen LogP contribution in [0.2, 0.25) is 5.02 Å². The fourth-order valence-electron chi connectivity index (χ4n) is 1.92. The van der Waals surface area contributed by atoms with E-state index in [0.29, 0.717) is 5.75 Å². The molecule has 110 valence electrons. The number of carbonyl (C=O) groups is 1. The molecule has 0 saturated carbocycles. The smallest absolute Gasteiger partial charge is 0.356 e. The van der Waals surface area contributed by atoms with Gasteiger partial charge in [0.15, 0.2) is 5.69 Å². The molecule has 1 heterocycles. The Morgan fingerprint density at radius 1 is 1.19 bits per heavy atom. The van der Waals surface area contributed by atoms with Gasteiger partial charge in [0, 0.05) is 11.6 Å². The standard InChI is InChI=1S/C16H16ClNO3/c1-16(2,3)10-6-4-5-7-12(10)21-13-9-8-11(17)14(18-13)15(19)20/h4-9H,1-3H3,(H,19,20). The van der Waals surface area contributed by atoms with E-state index in [4.69, 9.17) is 21.4 Å². The molecule has 2 rings (SSSR count). The highest BCUT2D eigenvalue weighted by atomic mass is 35.5. The topological polar surface area (TPSA) is 59.4 Å². The number of hydrogen-bond donors (Lipinski definition) is 1. The number of aromatic nitrogens is 1. The van der Waals surface area contributed by atoms with Crippen molar-refractivity contribution in [2.24, 2.45) is 0 Å². The average molecular weight is 306 g/mol. The Balaban J connectivity index is 2.40. The van der Waals surface area contributed by atoms with Crippen LogP contribution < -0.4 is 4.74 Å². The number of nitrogens with zero attached hydrogens (tertiary/aromatic N) is 1. The molecule has 0 saturated heterocycles. The van der Waals surface area contributed by atoms with E-state index in [2.05, 4.69) is 25.8 Å². The summed E-state index contributed by atoms with van der Waals surface area (Å²) in [4.78, 5) is 15.0. The summed E-state index contributed by atoms with van der Waals surface area (Å²) < 4.78 is 5.75. The van der Waals surface area contributed by atoms with Crippen LogP contribution in [-0.2, 0) is 5.41 Å². The molecule has 21 heavy (non-hydrogen) atoms. The molecule has 0 atom stereocenters. The monoisotopic (exact) mass is 305 g/mol. The highest BCUT2D eigenvalue weighted by molar-refractivity contribution is 6.33. The molecule has 0 aliphatic heterocycles. The zero-order valence-electron chi connectivity index (χ0n) is 12.1. The summed E-state index contributed by atoms with van der Waals surface area (Å²) in [5.74, 6) is -0.334. The number of benzene rings is 1. The summed E-state index contributed by atoms with van der Waals surface area (Å²) in [7, 11) is 0. The number of carboxylic acids is 1. The van der Waals surface area contributed by atoms with Gasteiger partial charge in [-0.1, -0.05) is 50.6 Å². The van der Waals surface area contributed by atoms with Crippen LogP contribution in [0.15, 0.2) is 36.4 Å². The summed E-state index contributed by atoms with van der Waals surface area (Å²) in [6.45, 7) is 6.23. The van der Waals surface area contributed by atoms with E-state index in [1.54, 1.807) is 6.07 Å². The molecule has 1 N–H and O–H groups in total. The Bertz CT molecular complexity index is 677. The van der Waals surface area contributed by atoms with E-state index >= 15 is 0 Å². The van der Waals surface area contributed by atoms with Crippen LogP contribution >= 0.6 is 11.6 Å². The van der Waals surface area contributed by atoms with Crippen molar-refractivity contribution in [2.75, 3.05) is 0 Å². The second-order valence-electron chi connectivity index (χ2n) is 5.63. The molecule has 0 amide bonds. The van der Waals surface area contributed by atoms with Crippen molar-refractivity contribution in [3.63, 3.8) is 0 Å². The Kier molecular flexibility index (Phi) is 4.19. The van der Waals surface area contributed by atoms with Crippen molar-refractivity contribution in [2.45, 2.75) is 26.2 Å². The number of carboxylic acid groups (broad SMARTS) is 1. The molecular weight excluding hydrogens is 290 g/mol. The Morgan fingerprint density at radius 2 is 1.86 bits per heavy atom. The van der Waals surface area contributed by atoms with Crippen molar-refractivity contribution in [1.29, 1.82) is 0 Å². The zero-order valence-corrected chi connectivity index (χ0v) is 12.8. The second kappa shape index (κ2) is 5.74. The molecule has 4 nitrogen and oxygen atoms in total. The number of pyridine rings is 1. The molecule has 0 unspecified atom stereocenters. The zero-order chi connectivity index (χ0) is 15.6. The summed E-state index contributed by atoms with van der Waals surface area (Å²) in [6.07, 6.45) is 0. The van der Waals surface area contributed by atoms with E-state index in [1.807, 2.05) is 24.3 Å². The van der Waals surface area contributed by atoms with Crippen molar-refractivity contribution in [3.8, 4) is 11.6 Å². The predicted molar refractivity (Wildman–Crippen MR) is 81.4 cm³/mol. The lowest BCUT2D eigenvalue weighted by Crippen LogP contribution is -2.12. The Hall–Kier alpha value is -2.07. The maximum Gasteiger partial charge on any atom is 0.356 e.